The van der Waals surface area contributed by atoms with Crippen molar-refractivity contribution >= 4 is 64.8 Å². The fourth-order valence-electron chi connectivity index (χ4n) is 4.23. The number of thioether (sulfide) groups is 2. The fraction of sp³-hybridized carbons (Fsp3) is 0.129. The van der Waals surface area contributed by atoms with E-state index < -0.39 is 7.92 Å². The molecule has 0 aromatic heterocycles. The molecule has 1 nitrogen and oxygen atoms in total. The van der Waals surface area contributed by atoms with Crippen molar-refractivity contribution in [2.24, 2.45) is 0 Å². The molecule has 1 saturated heterocycles. The third-order valence-corrected chi connectivity index (χ3v) is 11.3. The van der Waals surface area contributed by atoms with Gasteiger partial charge >= 0.3 is 0 Å². The van der Waals surface area contributed by atoms with Gasteiger partial charge in [0.1, 0.15) is 4.58 Å². The summed E-state index contributed by atoms with van der Waals surface area (Å²) in [4.78, 5) is 13.8. The number of rotatable bonds is 7. The Bertz CT molecular complexity index is 1240. The SMILES string of the molecule is O=C(C(=Cc1ccccc1P(c1ccccc1)c1ccccc1)c1ccccc1)C1SCCCS1. The topological polar surface area (TPSA) is 17.1 Å². The molecular weight excluding hydrogens is 483 g/mol. The van der Waals surface area contributed by atoms with Gasteiger partial charge in [-0.25, -0.2) is 0 Å². The molecule has 174 valence electrons. The van der Waals surface area contributed by atoms with Crippen molar-refractivity contribution in [1.82, 2.24) is 0 Å². The number of carbonyl (C=O) groups excluding carboxylic acids is 1. The van der Waals surface area contributed by atoms with Crippen LogP contribution in [-0.4, -0.2) is 21.9 Å². The molecule has 0 saturated carbocycles. The quantitative estimate of drug-likeness (QED) is 0.156. The number of carbonyl (C=O) groups is 1. The number of hydrogen-bond acceptors (Lipinski definition) is 3. The highest BCUT2D eigenvalue weighted by Crippen LogP contribution is 2.38. The largest absolute Gasteiger partial charge is 0.292 e. The zero-order chi connectivity index (χ0) is 23.9. The minimum Gasteiger partial charge on any atom is -0.292 e. The third-order valence-electron chi connectivity index (χ3n) is 5.90. The average Bonchev–Trinajstić information content (AvgIpc) is 2.94. The molecule has 0 amide bonds. The van der Waals surface area contributed by atoms with Crippen molar-refractivity contribution in [3.63, 3.8) is 0 Å². The van der Waals surface area contributed by atoms with E-state index in [1.165, 1.54) is 22.3 Å². The molecule has 4 aromatic carbocycles. The lowest BCUT2D eigenvalue weighted by molar-refractivity contribution is -0.112. The number of ketones is 1. The summed E-state index contributed by atoms with van der Waals surface area (Å²) in [6.45, 7) is 0. The maximum Gasteiger partial charge on any atom is 0.186 e. The first kappa shape index (κ1) is 24.1. The summed E-state index contributed by atoms with van der Waals surface area (Å²) in [6.07, 6.45) is 3.31. The second-order valence-corrected chi connectivity index (χ2v) is 13.2. The summed E-state index contributed by atoms with van der Waals surface area (Å²) in [5, 5.41) is 3.88. The lowest BCUT2D eigenvalue weighted by atomic mass is 9.99. The van der Waals surface area contributed by atoms with Crippen molar-refractivity contribution < 1.29 is 4.79 Å². The minimum absolute atomic E-state index is 0.0351. The maximum atomic E-state index is 13.8. The molecule has 1 fully saturated rings. The molecule has 0 unspecified atom stereocenters. The van der Waals surface area contributed by atoms with E-state index in [1.807, 2.05) is 18.2 Å². The Morgan fingerprint density at radius 2 is 1.20 bits per heavy atom. The van der Waals surface area contributed by atoms with Gasteiger partial charge in [-0.3, -0.25) is 4.79 Å². The Hall–Kier alpha value is -2.58. The predicted molar refractivity (Wildman–Crippen MR) is 158 cm³/mol. The number of allylic oxidation sites excluding steroid dienone is 1. The van der Waals surface area contributed by atoms with Crippen molar-refractivity contribution in [3.05, 3.63) is 126 Å². The monoisotopic (exact) mass is 510 g/mol. The average molecular weight is 511 g/mol. The van der Waals surface area contributed by atoms with E-state index in [0.717, 1.165) is 28.2 Å². The standard InChI is InChI=1S/C31H27OPS2/c32-30(31-34-21-12-22-35-31)28(24-13-4-1-5-14-24)23-25-15-10-11-20-29(25)33(26-16-6-2-7-17-26)27-18-8-3-9-19-27/h1-11,13-20,23,31H,12,21-22H2. The van der Waals surface area contributed by atoms with Gasteiger partial charge in [0.05, 0.1) is 0 Å². The van der Waals surface area contributed by atoms with Crippen LogP contribution in [0.4, 0.5) is 0 Å². The molecule has 0 spiro atoms. The van der Waals surface area contributed by atoms with Crippen LogP contribution in [0.3, 0.4) is 0 Å². The molecule has 4 aromatic rings. The molecule has 0 N–H and O–H groups in total. The Morgan fingerprint density at radius 1 is 0.686 bits per heavy atom. The predicted octanol–water partition coefficient (Wildman–Crippen LogP) is 6.75. The van der Waals surface area contributed by atoms with Crippen molar-refractivity contribution in [2.75, 3.05) is 11.5 Å². The molecule has 1 heterocycles. The van der Waals surface area contributed by atoms with Gasteiger partial charge in [0.2, 0.25) is 0 Å². The fourth-order valence-corrected chi connectivity index (χ4v) is 9.41. The van der Waals surface area contributed by atoms with Gasteiger partial charge in [-0.1, -0.05) is 115 Å². The van der Waals surface area contributed by atoms with Crippen LogP contribution in [0.15, 0.2) is 115 Å². The lowest BCUT2D eigenvalue weighted by Gasteiger charge is -2.23. The van der Waals surface area contributed by atoms with E-state index in [0.29, 0.717) is 0 Å². The molecule has 5 rings (SSSR count). The molecule has 0 radical (unpaired) electrons. The minimum atomic E-state index is -0.766. The molecule has 35 heavy (non-hydrogen) atoms. The summed E-state index contributed by atoms with van der Waals surface area (Å²) < 4.78 is -0.0351. The van der Waals surface area contributed by atoms with E-state index in [9.17, 15) is 4.79 Å². The Kier molecular flexibility index (Phi) is 8.21. The van der Waals surface area contributed by atoms with Crippen LogP contribution >= 0.6 is 31.4 Å². The lowest BCUT2D eigenvalue weighted by Crippen LogP contribution is -2.23. The Labute approximate surface area is 217 Å². The van der Waals surface area contributed by atoms with Crippen LogP contribution in [0.1, 0.15) is 17.5 Å². The van der Waals surface area contributed by atoms with Gasteiger partial charge in [-0.2, -0.15) is 0 Å². The highest BCUT2D eigenvalue weighted by Gasteiger charge is 2.27. The van der Waals surface area contributed by atoms with Gasteiger partial charge < -0.3 is 0 Å². The first-order valence-electron chi connectivity index (χ1n) is 11.8. The Morgan fingerprint density at radius 3 is 1.80 bits per heavy atom. The highest BCUT2D eigenvalue weighted by molar-refractivity contribution is 8.18. The van der Waals surface area contributed by atoms with E-state index in [-0.39, 0.29) is 10.4 Å². The van der Waals surface area contributed by atoms with E-state index in [2.05, 4.69) is 103 Å². The Balaban J connectivity index is 1.65. The summed E-state index contributed by atoms with van der Waals surface area (Å²) in [5.41, 5.74) is 2.91. The summed E-state index contributed by atoms with van der Waals surface area (Å²) in [6, 6.07) is 40.2. The van der Waals surface area contributed by atoms with Gasteiger partial charge in [0, 0.05) is 5.57 Å². The smallest absolute Gasteiger partial charge is 0.186 e. The van der Waals surface area contributed by atoms with Crippen LogP contribution < -0.4 is 15.9 Å². The number of benzene rings is 4. The van der Waals surface area contributed by atoms with E-state index >= 15 is 0 Å². The summed E-state index contributed by atoms with van der Waals surface area (Å²) in [5.74, 6) is 2.33. The highest BCUT2D eigenvalue weighted by atomic mass is 32.2. The molecule has 1 aliphatic rings. The van der Waals surface area contributed by atoms with Gasteiger partial charge in [-0.15, -0.1) is 23.5 Å². The first-order valence-corrected chi connectivity index (χ1v) is 15.3. The zero-order valence-electron chi connectivity index (χ0n) is 19.4. The molecule has 0 aliphatic carbocycles. The molecule has 4 heteroatoms. The zero-order valence-corrected chi connectivity index (χ0v) is 21.9. The van der Waals surface area contributed by atoms with Crippen molar-refractivity contribution in [3.8, 4) is 0 Å². The normalized spacial score (nSPS) is 14.7. The van der Waals surface area contributed by atoms with E-state index in [1.54, 1.807) is 23.5 Å². The summed E-state index contributed by atoms with van der Waals surface area (Å²) >= 11 is 3.57. The molecular formula is C31H27OPS2. The number of hydrogen-bond donors (Lipinski definition) is 0. The van der Waals surface area contributed by atoms with Crippen LogP contribution in [0.5, 0.6) is 0 Å². The second-order valence-electron chi connectivity index (χ2n) is 8.28. The van der Waals surface area contributed by atoms with Crippen molar-refractivity contribution in [1.29, 1.82) is 0 Å². The maximum absolute atomic E-state index is 13.8. The summed E-state index contributed by atoms with van der Waals surface area (Å²) in [7, 11) is -0.766. The van der Waals surface area contributed by atoms with Crippen LogP contribution in [0.2, 0.25) is 0 Å². The number of Topliss-reactive ketones (excluding diaryl/α,β-unsaturated/α-hetero) is 1. The van der Waals surface area contributed by atoms with Crippen LogP contribution in [0.25, 0.3) is 11.6 Å². The third kappa shape index (κ3) is 5.81. The van der Waals surface area contributed by atoms with Gasteiger partial charge in [0.25, 0.3) is 0 Å². The second kappa shape index (κ2) is 11.9. The van der Waals surface area contributed by atoms with Crippen molar-refractivity contribution in [2.45, 2.75) is 11.0 Å². The van der Waals surface area contributed by atoms with Gasteiger partial charge in [-0.05, 0) is 59.0 Å². The molecule has 0 atom stereocenters. The molecule has 0 bridgehead atoms. The van der Waals surface area contributed by atoms with Crippen LogP contribution in [-0.2, 0) is 4.79 Å². The first-order chi connectivity index (χ1) is 17.3. The van der Waals surface area contributed by atoms with E-state index in [4.69, 9.17) is 0 Å². The molecule has 1 aliphatic heterocycles. The van der Waals surface area contributed by atoms with Gasteiger partial charge in [0.15, 0.2) is 5.78 Å². The van der Waals surface area contributed by atoms with Crippen LogP contribution in [0, 0.1) is 0 Å².